The smallest absolute Gasteiger partial charge is 0.337 e. The summed E-state index contributed by atoms with van der Waals surface area (Å²) in [4.78, 5) is 27.2. The van der Waals surface area contributed by atoms with Gasteiger partial charge in [0, 0.05) is 11.1 Å². The van der Waals surface area contributed by atoms with Crippen LogP contribution in [0.2, 0.25) is 0 Å². The maximum absolute atomic E-state index is 12.3. The molecule has 2 heterocycles. The van der Waals surface area contributed by atoms with Gasteiger partial charge in [-0.3, -0.25) is 4.79 Å². The van der Waals surface area contributed by atoms with Crippen molar-refractivity contribution in [3.05, 3.63) is 81.7 Å². The number of para-hydroxylation sites is 2. The second-order valence-corrected chi connectivity index (χ2v) is 5.78. The summed E-state index contributed by atoms with van der Waals surface area (Å²) in [5, 5.41) is 0.891. The highest BCUT2D eigenvalue weighted by Gasteiger charge is 2.18. The Bertz CT molecular complexity index is 1050. The molecule has 3 aromatic rings. The van der Waals surface area contributed by atoms with Gasteiger partial charge in [-0.25, -0.2) is 4.79 Å². The number of carbonyl (C=O) groups is 1. The fraction of sp³-hybridized carbons (Fsp3) is 0.100. The van der Waals surface area contributed by atoms with E-state index in [1.165, 1.54) is 0 Å². The molecule has 0 aliphatic carbocycles. The Balaban J connectivity index is 1.52. The molecule has 1 aliphatic heterocycles. The van der Waals surface area contributed by atoms with Crippen molar-refractivity contribution in [2.45, 2.75) is 6.61 Å². The van der Waals surface area contributed by atoms with Gasteiger partial charge in [0.2, 0.25) is 0 Å². The molecule has 1 aromatic heterocycles. The van der Waals surface area contributed by atoms with Gasteiger partial charge in [0.25, 0.3) is 5.56 Å². The standard InChI is InChI=1S/C20H15NO4/c22-19-15(9-13-5-1-3-7-17(13)21-19)11-25-20(23)16-10-14-6-2-4-8-18(14)24-12-16/h1-10H,11-12H2,(H,21,22). The molecule has 0 amide bonds. The second kappa shape index (κ2) is 6.28. The van der Waals surface area contributed by atoms with E-state index in [2.05, 4.69) is 4.98 Å². The predicted octanol–water partition coefficient (Wildman–Crippen LogP) is 3.05. The van der Waals surface area contributed by atoms with Crippen molar-refractivity contribution in [1.29, 1.82) is 0 Å². The first-order chi connectivity index (χ1) is 12.2. The molecule has 1 aliphatic rings. The van der Waals surface area contributed by atoms with Gasteiger partial charge in [0.05, 0.1) is 11.1 Å². The summed E-state index contributed by atoms with van der Waals surface area (Å²) in [6, 6.07) is 16.7. The number of H-pyrrole nitrogens is 1. The second-order valence-electron chi connectivity index (χ2n) is 5.78. The lowest BCUT2D eigenvalue weighted by molar-refractivity contribution is -0.140. The van der Waals surface area contributed by atoms with E-state index in [0.717, 1.165) is 22.2 Å². The molecule has 4 rings (SSSR count). The highest BCUT2D eigenvalue weighted by atomic mass is 16.5. The highest BCUT2D eigenvalue weighted by Crippen LogP contribution is 2.26. The van der Waals surface area contributed by atoms with Crippen LogP contribution in [-0.4, -0.2) is 17.6 Å². The molecular weight excluding hydrogens is 318 g/mol. The Morgan fingerprint density at radius 3 is 2.84 bits per heavy atom. The maximum atomic E-state index is 12.3. The van der Waals surface area contributed by atoms with E-state index in [1.54, 1.807) is 12.1 Å². The molecule has 0 bridgehead atoms. The first kappa shape index (κ1) is 15.2. The van der Waals surface area contributed by atoms with Crippen molar-refractivity contribution >= 4 is 22.9 Å². The molecule has 5 heteroatoms. The number of pyridine rings is 1. The zero-order valence-corrected chi connectivity index (χ0v) is 13.3. The van der Waals surface area contributed by atoms with Crippen molar-refractivity contribution in [3.63, 3.8) is 0 Å². The third-order valence-corrected chi connectivity index (χ3v) is 4.08. The predicted molar refractivity (Wildman–Crippen MR) is 94.3 cm³/mol. The van der Waals surface area contributed by atoms with E-state index in [4.69, 9.17) is 9.47 Å². The number of ether oxygens (including phenoxy) is 2. The molecule has 0 saturated heterocycles. The minimum Gasteiger partial charge on any atom is -0.488 e. The van der Waals surface area contributed by atoms with Gasteiger partial charge < -0.3 is 14.5 Å². The van der Waals surface area contributed by atoms with Crippen molar-refractivity contribution in [2.75, 3.05) is 6.61 Å². The third-order valence-electron chi connectivity index (χ3n) is 4.08. The summed E-state index contributed by atoms with van der Waals surface area (Å²) in [6.07, 6.45) is 1.76. The number of fused-ring (bicyclic) bond motifs is 2. The van der Waals surface area contributed by atoms with E-state index in [-0.39, 0.29) is 18.8 Å². The molecule has 0 radical (unpaired) electrons. The normalized spacial score (nSPS) is 12.9. The van der Waals surface area contributed by atoms with E-state index < -0.39 is 5.97 Å². The number of hydrogen-bond acceptors (Lipinski definition) is 4. The van der Waals surface area contributed by atoms with Crippen LogP contribution in [0.1, 0.15) is 11.1 Å². The monoisotopic (exact) mass is 333 g/mol. The Morgan fingerprint density at radius 2 is 1.92 bits per heavy atom. The summed E-state index contributed by atoms with van der Waals surface area (Å²) in [7, 11) is 0. The Hall–Kier alpha value is -3.34. The first-order valence-corrected chi connectivity index (χ1v) is 7.91. The van der Waals surface area contributed by atoms with Crippen LogP contribution in [0, 0.1) is 0 Å². The SMILES string of the molecule is O=C(OCc1cc2ccccc2[nH]c1=O)C1=Cc2ccccc2OC1. The summed E-state index contributed by atoms with van der Waals surface area (Å²) < 4.78 is 10.9. The Morgan fingerprint density at radius 1 is 1.12 bits per heavy atom. The zero-order chi connectivity index (χ0) is 17.2. The van der Waals surface area contributed by atoms with Crippen molar-refractivity contribution in [3.8, 4) is 5.75 Å². The molecule has 25 heavy (non-hydrogen) atoms. The van der Waals surface area contributed by atoms with Crippen LogP contribution in [0.25, 0.3) is 17.0 Å². The molecule has 2 aromatic carbocycles. The molecular formula is C20H15NO4. The Labute approximate surface area is 143 Å². The average Bonchev–Trinajstić information content (AvgIpc) is 2.65. The van der Waals surface area contributed by atoms with E-state index in [1.807, 2.05) is 48.5 Å². The number of hydrogen-bond donors (Lipinski definition) is 1. The van der Waals surface area contributed by atoms with Crippen LogP contribution in [0.15, 0.2) is 65.0 Å². The van der Waals surface area contributed by atoms with E-state index in [9.17, 15) is 9.59 Å². The van der Waals surface area contributed by atoms with Crippen LogP contribution in [-0.2, 0) is 16.1 Å². The highest BCUT2D eigenvalue weighted by molar-refractivity contribution is 5.95. The van der Waals surface area contributed by atoms with Crippen LogP contribution < -0.4 is 10.3 Å². The molecule has 0 unspecified atom stereocenters. The molecule has 0 atom stereocenters. The first-order valence-electron chi connectivity index (χ1n) is 7.91. The number of aromatic amines is 1. The minimum absolute atomic E-state index is 0.0853. The van der Waals surface area contributed by atoms with Gasteiger partial charge in [-0.2, -0.15) is 0 Å². The molecule has 5 nitrogen and oxygen atoms in total. The quantitative estimate of drug-likeness (QED) is 0.748. The number of nitrogens with one attached hydrogen (secondary N) is 1. The number of benzene rings is 2. The molecule has 0 fully saturated rings. The van der Waals surface area contributed by atoms with Gasteiger partial charge >= 0.3 is 5.97 Å². The molecule has 124 valence electrons. The lowest BCUT2D eigenvalue weighted by Crippen LogP contribution is -2.19. The number of rotatable bonds is 3. The van der Waals surface area contributed by atoms with Crippen LogP contribution in [0.5, 0.6) is 5.75 Å². The fourth-order valence-electron chi connectivity index (χ4n) is 2.77. The number of carbonyl (C=O) groups excluding carboxylic acids is 1. The van der Waals surface area contributed by atoms with Gasteiger partial charge in [0.15, 0.2) is 0 Å². The topological polar surface area (TPSA) is 68.4 Å². The van der Waals surface area contributed by atoms with Crippen LogP contribution in [0.3, 0.4) is 0 Å². The summed E-state index contributed by atoms with van der Waals surface area (Å²) >= 11 is 0. The molecule has 1 N–H and O–H groups in total. The largest absolute Gasteiger partial charge is 0.488 e. The zero-order valence-electron chi connectivity index (χ0n) is 13.3. The third kappa shape index (κ3) is 3.04. The van der Waals surface area contributed by atoms with Crippen LogP contribution in [0.4, 0.5) is 0 Å². The lowest BCUT2D eigenvalue weighted by atomic mass is 10.1. The molecule has 0 saturated carbocycles. The Kier molecular flexibility index (Phi) is 3.82. The minimum atomic E-state index is -0.484. The van der Waals surface area contributed by atoms with Gasteiger partial charge in [-0.05, 0) is 29.7 Å². The van der Waals surface area contributed by atoms with E-state index >= 15 is 0 Å². The van der Waals surface area contributed by atoms with Crippen molar-refractivity contribution in [2.24, 2.45) is 0 Å². The summed E-state index contributed by atoms with van der Waals surface area (Å²) in [6.45, 7) is 0.0713. The molecule has 0 spiro atoms. The van der Waals surface area contributed by atoms with Gasteiger partial charge in [-0.1, -0.05) is 36.4 Å². The number of esters is 1. The summed E-state index contributed by atoms with van der Waals surface area (Å²) in [5.74, 6) is 0.257. The lowest BCUT2D eigenvalue weighted by Gasteiger charge is -2.16. The van der Waals surface area contributed by atoms with Crippen molar-refractivity contribution < 1.29 is 14.3 Å². The summed E-state index contributed by atoms with van der Waals surface area (Å²) in [5.41, 5.74) is 2.17. The fourth-order valence-corrected chi connectivity index (χ4v) is 2.77. The van der Waals surface area contributed by atoms with Crippen LogP contribution >= 0.6 is 0 Å². The number of aromatic nitrogens is 1. The average molecular weight is 333 g/mol. The van der Waals surface area contributed by atoms with Gasteiger partial charge in [0.1, 0.15) is 19.0 Å². The van der Waals surface area contributed by atoms with E-state index in [0.29, 0.717) is 11.1 Å². The maximum Gasteiger partial charge on any atom is 0.337 e. The van der Waals surface area contributed by atoms with Crippen molar-refractivity contribution in [1.82, 2.24) is 4.98 Å². The van der Waals surface area contributed by atoms with Gasteiger partial charge in [-0.15, -0.1) is 0 Å².